The summed E-state index contributed by atoms with van der Waals surface area (Å²) in [7, 11) is 0. The van der Waals surface area contributed by atoms with E-state index in [1.807, 2.05) is 0 Å². The Morgan fingerprint density at radius 1 is 1.40 bits per heavy atom. The van der Waals surface area contributed by atoms with E-state index in [0.29, 0.717) is 5.88 Å². The van der Waals surface area contributed by atoms with Gasteiger partial charge in [-0.15, -0.1) is 11.6 Å². The Hall–Kier alpha value is -1.55. The summed E-state index contributed by atoms with van der Waals surface area (Å²) in [4.78, 5) is 10.1. The summed E-state index contributed by atoms with van der Waals surface area (Å²) in [6.07, 6.45) is 3.43. The van der Waals surface area contributed by atoms with Crippen LogP contribution in [0, 0.1) is 10.1 Å². The number of benzene rings is 1. The van der Waals surface area contributed by atoms with Gasteiger partial charge in [0.1, 0.15) is 6.61 Å². The van der Waals surface area contributed by atoms with E-state index in [0.717, 1.165) is 0 Å². The fourth-order valence-corrected chi connectivity index (χ4v) is 1.12. The van der Waals surface area contributed by atoms with E-state index in [1.165, 1.54) is 6.07 Å². The molecule has 1 aromatic carbocycles. The minimum absolute atomic E-state index is 0.0308. The highest BCUT2D eigenvalue weighted by Gasteiger charge is 2.12. The van der Waals surface area contributed by atoms with Crippen molar-refractivity contribution < 1.29 is 9.66 Å². The largest absolute Gasteiger partial charge is 0.483 e. The zero-order chi connectivity index (χ0) is 11.1. The van der Waals surface area contributed by atoms with Crippen molar-refractivity contribution in [1.82, 2.24) is 0 Å². The lowest BCUT2D eigenvalue weighted by Gasteiger charge is -2.02. The molecule has 0 bridgehead atoms. The zero-order valence-corrected chi connectivity index (χ0v) is 8.68. The maximum atomic E-state index is 10.6. The molecule has 0 heterocycles. The summed E-state index contributed by atoms with van der Waals surface area (Å²) < 4.78 is 5.21. The molecule has 4 nitrogen and oxygen atoms in total. The molecule has 0 unspecified atom stereocenters. The summed E-state index contributed by atoms with van der Waals surface area (Å²) in [6.45, 7) is 0.275. The van der Waals surface area contributed by atoms with Crippen LogP contribution < -0.4 is 4.74 Å². The smallest absolute Gasteiger partial charge is 0.310 e. The topological polar surface area (TPSA) is 52.4 Å². The monoisotopic (exact) mass is 227 g/mol. The standard InChI is InChI=1S/C10H10ClNO3/c11-7-3-4-8-15-10-6-2-1-5-9(10)12(13)14/h1-6H,7-8H2/b4-3+. The maximum Gasteiger partial charge on any atom is 0.310 e. The van der Waals surface area contributed by atoms with Crippen LogP contribution >= 0.6 is 11.6 Å². The average Bonchev–Trinajstić information content (AvgIpc) is 2.25. The van der Waals surface area contributed by atoms with Crippen LogP contribution in [0.15, 0.2) is 36.4 Å². The minimum atomic E-state index is -0.472. The van der Waals surface area contributed by atoms with Gasteiger partial charge in [0.25, 0.3) is 0 Å². The molecule has 1 aromatic rings. The van der Waals surface area contributed by atoms with E-state index < -0.39 is 4.92 Å². The second-order valence-corrected chi connectivity index (χ2v) is 2.97. The first-order valence-electron chi connectivity index (χ1n) is 4.33. The van der Waals surface area contributed by atoms with Crippen molar-refractivity contribution in [2.45, 2.75) is 0 Å². The number of ether oxygens (including phenoxy) is 1. The molecule has 5 heteroatoms. The second-order valence-electron chi connectivity index (χ2n) is 2.66. The molecule has 15 heavy (non-hydrogen) atoms. The normalized spacial score (nSPS) is 10.5. The molecule has 0 amide bonds. The third kappa shape index (κ3) is 3.59. The maximum absolute atomic E-state index is 10.6. The Morgan fingerprint density at radius 3 is 2.80 bits per heavy atom. The number of alkyl halides is 1. The van der Waals surface area contributed by atoms with E-state index in [2.05, 4.69) is 0 Å². The fraction of sp³-hybridized carbons (Fsp3) is 0.200. The van der Waals surface area contributed by atoms with Gasteiger partial charge in [-0.05, 0) is 6.07 Å². The number of halogens is 1. The number of hydrogen-bond acceptors (Lipinski definition) is 3. The quantitative estimate of drug-likeness (QED) is 0.336. The Kier molecular flexibility index (Phi) is 4.63. The average molecular weight is 228 g/mol. The van der Waals surface area contributed by atoms with Gasteiger partial charge in [0.15, 0.2) is 5.75 Å². The molecule has 0 aliphatic heterocycles. The van der Waals surface area contributed by atoms with Crippen LogP contribution in [-0.2, 0) is 0 Å². The zero-order valence-electron chi connectivity index (χ0n) is 7.93. The van der Waals surface area contributed by atoms with Crippen molar-refractivity contribution in [3.63, 3.8) is 0 Å². The van der Waals surface area contributed by atoms with Crippen molar-refractivity contribution >= 4 is 17.3 Å². The first-order valence-corrected chi connectivity index (χ1v) is 4.86. The molecule has 0 aromatic heterocycles. The lowest BCUT2D eigenvalue weighted by molar-refractivity contribution is -0.385. The summed E-state index contributed by atoms with van der Waals surface area (Å²) in [5.74, 6) is 0.669. The van der Waals surface area contributed by atoms with Crippen LogP contribution in [0.2, 0.25) is 0 Å². The predicted molar refractivity (Wildman–Crippen MR) is 58.5 cm³/mol. The number of hydrogen-bond donors (Lipinski definition) is 0. The first-order chi connectivity index (χ1) is 7.25. The third-order valence-electron chi connectivity index (χ3n) is 1.65. The summed E-state index contributed by atoms with van der Waals surface area (Å²) in [5, 5.41) is 10.6. The van der Waals surface area contributed by atoms with Gasteiger partial charge < -0.3 is 4.74 Å². The number of nitro benzene ring substituents is 1. The third-order valence-corrected chi connectivity index (χ3v) is 1.83. The van der Waals surface area contributed by atoms with Crippen LogP contribution in [0.5, 0.6) is 5.75 Å². The van der Waals surface area contributed by atoms with E-state index in [-0.39, 0.29) is 18.0 Å². The van der Waals surface area contributed by atoms with E-state index in [9.17, 15) is 10.1 Å². The highest BCUT2D eigenvalue weighted by atomic mass is 35.5. The van der Waals surface area contributed by atoms with Crippen LogP contribution in [0.4, 0.5) is 5.69 Å². The van der Waals surface area contributed by atoms with Gasteiger partial charge in [-0.3, -0.25) is 10.1 Å². The van der Waals surface area contributed by atoms with Crippen LogP contribution in [0.1, 0.15) is 0 Å². The highest BCUT2D eigenvalue weighted by Crippen LogP contribution is 2.25. The van der Waals surface area contributed by atoms with Crippen LogP contribution in [0.3, 0.4) is 0 Å². The summed E-state index contributed by atoms with van der Waals surface area (Å²) in [6, 6.07) is 6.25. The molecule has 80 valence electrons. The van der Waals surface area contributed by atoms with Gasteiger partial charge in [0.2, 0.25) is 0 Å². The number of para-hydroxylation sites is 2. The lowest BCUT2D eigenvalue weighted by Crippen LogP contribution is -1.97. The Morgan fingerprint density at radius 2 is 2.13 bits per heavy atom. The number of nitrogens with zero attached hydrogens (tertiary/aromatic N) is 1. The highest BCUT2D eigenvalue weighted by molar-refractivity contribution is 6.18. The van der Waals surface area contributed by atoms with E-state index in [1.54, 1.807) is 30.4 Å². The van der Waals surface area contributed by atoms with Gasteiger partial charge in [-0.1, -0.05) is 24.3 Å². The molecular formula is C10H10ClNO3. The van der Waals surface area contributed by atoms with Gasteiger partial charge in [-0.2, -0.15) is 0 Å². The summed E-state index contributed by atoms with van der Waals surface area (Å²) in [5.41, 5.74) is -0.0308. The molecule has 1 rings (SSSR count). The molecule has 0 aliphatic rings. The van der Waals surface area contributed by atoms with Crippen molar-refractivity contribution in [1.29, 1.82) is 0 Å². The first kappa shape index (κ1) is 11.5. The van der Waals surface area contributed by atoms with Crippen molar-refractivity contribution in [2.75, 3.05) is 12.5 Å². The fourth-order valence-electron chi connectivity index (χ4n) is 0.999. The van der Waals surface area contributed by atoms with E-state index >= 15 is 0 Å². The Balaban J connectivity index is 2.67. The SMILES string of the molecule is O=[N+]([O-])c1ccccc1OC/C=C/CCl. The van der Waals surface area contributed by atoms with Gasteiger partial charge in [0, 0.05) is 11.9 Å². The molecule has 0 N–H and O–H groups in total. The van der Waals surface area contributed by atoms with Crippen LogP contribution in [-0.4, -0.2) is 17.4 Å². The molecular weight excluding hydrogens is 218 g/mol. The second kappa shape index (κ2) is 6.03. The van der Waals surface area contributed by atoms with Crippen molar-refractivity contribution in [2.24, 2.45) is 0 Å². The summed E-state index contributed by atoms with van der Waals surface area (Å²) >= 11 is 5.41. The van der Waals surface area contributed by atoms with Gasteiger partial charge in [-0.25, -0.2) is 0 Å². The molecule has 0 spiro atoms. The lowest BCUT2D eigenvalue weighted by atomic mass is 10.3. The van der Waals surface area contributed by atoms with Crippen LogP contribution in [0.25, 0.3) is 0 Å². The molecule has 0 atom stereocenters. The number of allylic oxidation sites excluding steroid dienone is 1. The van der Waals surface area contributed by atoms with Gasteiger partial charge in [0.05, 0.1) is 4.92 Å². The minimum Gasteiger partial charge on any atom is -0.483 e. The molecule has 0 saturated heterocycles. The van der Waals surface area contributed by atoms with E-state index in [4.69, 9.17) is 16.3 Å². The predicted octanol–water partition coefficient (Wildman–Crippen LogP) is 2.77. The molecule has 0 saturated carbocycles. The molecule has 0 aliphatic carbocycles. The van der Waals surface area contributed by atoms with Crippen molar-refractivity contribution in [3.05, 3.63) is 46.5 Å². The van der Waals surface area contributed by atoms with Gasteiger partial charge >= 0.3 is 5.69 Å². The molecule has 0 radical (unpaired) electrons. The van der Waals surface area contributed by atoms with Crippen molar-refractivity contribution in [3.8, 4) is 5.75 Å². The number of rotatable bonds is 5. The Labute approximate surface area is 92.3 Å². The Bertz CT molecular complexity index is 365. The molecule has 0 fully saturated rings. The number of nitro groups is 1.